The third-order valence-corrected chi connectivity index (χ3v) is 2.79. The molecule has 1 aromatic carbocycles. The van der Waals surface area contributed by atoms with E-state index in [1.807, 2.05) is 6.07 Å². The number of hydrogen-bond donors (Lipinski definition) is 2. The summed E-state index contributed by atoms with van der Waals surface area (Å²) in [5, 5.41) is 6.00. The van der Waals surface area contributed by atoms with Crippen LogP contribution in [0.3, 0.4) is 0 Å². The van der Waals surface area contributed by atoms with Gasteiger partial charge in [-0.1, -0.05) is 23.7 Å². The van der Waals surface area contributed by atoms with Crippen LogP contribution in [0.25, 0.3) is 0 Å². The minimum absolute atomic E-state index is 0.0180. The lowest BCUT2D eigenvalue weighted by Crippen LogP contribution is -2.51. The number of hydrogen-bond acceptors (Lipinski definition) is 4. The molecular weight excluding hydrogens is 268 g/mol. The Hall–Kier alpha value is -1.75. The number of carbonyl (C=O) groups is 2. The number of ether oxygens (including phenoxy) is 1. The van der Waals surface area contributed by atoms with Crippen LogP contribution in [0.15, 0.2) is 24.3 Å². The Morgan fingerprint density at radius 2 is 1.95 bits per heavy atom. The number of carbonyl (C=O) groups excluding carboxylic acids is 2. The van der Waals surface area contributed by atoms with Gasteiger partial charge in [0, 0.05) is 0 Å². The predicted molar refractivity (Wildman–Crippen MR) is 74.2 cm³/mol. The zero-order valence-electron chi connectivity index (χ0n) is 11.1. The third kappa shape index (κ3) is 4.44. The number of halogens is 1. The molecule has 19 heavy (non-hydrogen) atoms. The van der Waals surface area contributed by atoms with Gasteiger partial charge in [0.15, 0.2) is 0 Å². The van der Waals surface area contributed by atoms with E-state index in [2.05, 4.69) is 15.4 Å². The highest BCUT2D eigenvalue weighted by atomic mass is 35.5. The average Bonchev–Trinajstić information content (AvgIpc) is 2.36. The topological polar surface area (TPSA) is 67.4 Å². The van der Waals surface area contributed by atoms with E-state index in [1.165, 1.54) is 7.11 Å². The van der Waals surface area contributed by atoms with E-state index in [4.69, 9.17) is 11.6 Å². The second-order valence-electron chi connectivity index (χ2n) is 4.50. The number of methoxy groups -OCH3 is 1. The molecule has 0 aliphatic carbocycles. The molecule has 5 nitrogen and oxygen atoms in total. The summed E-state index contributed by atoms with van der Waals surface area (Å²) in [5.41, 5.74) is -0.399. The Morgan fingerprint density at radius 1 is 1.32 bits per heavy atom. The van der Waals surface area contributed by atoms with Crippen molar-refractivity contribution in [3.63, 3.8) is 0 Å². The molecule has 0 aliphatic rings. The van der Waals surface area contributed by atoms with Crippen LogP contribution in [0.5, 0.6) is 0 Å². The van der Waals surface area contributed by atoms with E-state index in [0.29, 0.717) is 10.7 Å². The molecule has 104 valence electrons. The molecule has 0 unspecified atom stereocenters. The lowest BCUT2D eigenvalue weighted by molar-refractivity contribution is -0.149. The van der Waals surface area contributed by atoms with Gasteiger partial charge in [0.1, 0.15) is 5.54 Å². The first kappa shape index (κ1) is 15.3. The number of nitrogens with one attached hydrogen (secondary N) is 2. The fourth-order valence-corrected chi connectivity index (χ4v) is 1.68. The molecule has 2 N–H and O–H groups in total. The maximum Gasteiger partial charge on any atom is 0.330 e. The van der Waals surface area contributed by atoms with Gasteiger partial charge < -0.3 is 15.4 Å². The molecule has 1 rings (SSSR count). The summed E-state index contributed by atoms with van der Waals surface area (Å²) in [7, 11) is 1.28. The number of benzene rings is 1. The molecule has 0 saturated heterocycles. The fraction of sp³-hybridized carbons (Fsp3) is 0.385. The van der Waals surface area contributed by atoms with Crippen molar-refractivity contribution < 1.29 is 14.3 Å². The van der Waals surface area contributed by atoms with E-state index >= 15 is 0 Å². The van der Waals surface area contributed by atoms with E-state index in [-0.39, 0.29) is 12.5 Å². The number of para-hydroxylation sites is 1. The van der Waals surface area contributed by atoms with Crippen LogP contribution in [0, 0.1) is 0 Å². The summed E-state index contributed by atoms with van der Waals surface area (Å²) in [6.45, 7) is 3.17. The minimum Gasteiger partial charge on any atom is -0.467 e. The van der Waals surface area contributed by atoms with Gasteiger partial charge in [-0.3, -0.25) is 4.79 Å². The molecule has 0 aromatic heterocycles. The fourth-order valence-electron chi connectivity index (χ4n) is 1.48. The average molecular weight is 285 g/mol. The Kier molecular flexibility index (Phi) is 5.18. The second-order valence-corrected chi connectivity index (χ2v) is 4.91. The summed E-state index contributed by atoms with van der Waals surface area (Å²) in [6, 6.07) is 7.10. The van der Waals surface area contributed by atoms with E-state index in [1.54, 1.807) is 32.0 Å². The first-order chi connectivity index (χ1) is 8.86. The molecule has 0 saturated carbocycles. The van der Waals surface area contributed by atoms with Gasteiger partial charge in [-0.2, -0.15) is 0 Å². The van der Waals surface area contributed by atoms with Crippen LogP contribution in [-0.4, -0.2) is 31.1 Å². The van der Waals surface area contributed by atoms with E-state index in [9.17, 15) is 9.59 Å². The van der Waals surface area contributed by atoms with Gasteiger partial charge in [0.05, 0.1) is 24.4 Å². The SMILES string of the molecule is COC(=O)C(C)(C)NC(=O)CNc1ccccc1Cl. The molecule has 0 bridgehead atoms. The quantitative estimate of drug-likeness (QED) is 0.810. The van der Waals surface area contributed by atoms with Crippen molar-refractivity contribution in [1.82, 2.24) is 5.32 Å². The van der Waals surface area contributed by atoms with Gasteiger partial charge in [-0.15, -0.1) is 0 Å². The van der Waals surface area contributed by atoms with Gasteiger partial charge in [0.2, 0.25) is 5.91 Å². The molecule has 6 heteroatoms. The smallest absolute Gasteiger partial charge is 0.330 e. The van der Waals surface area contributed by atoms with Crippen LogP contribution in [-0.2, 0) is 14.3 Å². The minimum atomic E-state index is -1.06. The van der Waals surface area contributed by atoms with E-state index in [0.717, 1.165) is 0 Å². The Bertz CT molecular complexity index is 475. The van der Waals surface area contributed by atoms with Gasteiger partial charge >= 0.3 is 5.97 Å². The summed E-state index contributed by atoms with van der Waals surface area (Å²) >= 11 is 5.95. The van der Waals surface area contributed by atoms with Crippen molar-refractivity contribution in [2.45, 2.75) is 19.4 Å². The maximum atomic E-state index is 11.7. The number of rotatable bonds is 5. The van der Waals surface area contributed by atoms with Gasteiger partial charge in [-0.05, 0) is 26.0 Å². The maximum absolute atomic E-state index is 11.7. The Morgan fingerprint density at radius 3 is 2.53 bits per heavy atom. The second kappa shape index (κ2) is 6.43. The number of anilines is 1. The highest BCUT2D eigenvalue weighted by Crippen LogP contribution is 2.19. The highest BCUT2D eigenvalue weighted by Gasteiger charge is 2.30. The van der Waals surface area contributed by atoms with Crippen LogP contribution >= 0.6 is 11.6 Å². The third-order valence-electron chi connectivity index (χ3n) is 2.46. The van der Waals surface area contributed by atoms with Gasteiger partial charge in [-0.25, -0.2) is 4.79 Å². The van der Waals surface area contributed by atoms with Crippen LogP contribution < -0.4 is 10.6 Å². The first-order valence-electron chi connectivity index (χ1n) is 5.74. The highest BCUT2D eigenvalue weighted by molar-refractivity contribution is 6.33. The van der Waals surface area contributed by atoms with Gasteiger partial charge in [0.25, 0.3) is 0 Å². The molecule has 1 aromatic rings. The predicted octanol–water partition coefficient (Wildman–Crippen LogP) is 1.82. The first-order valence-corrected chi connectivity index (χ1v) is 6.12. The van der Waals surface area contributed by atoms with Crippen molar-refractivity contribution in [2.24, 2.45) is 0 Å². The molecule has 0 fully saturated rings. The zero-order chi connectivity index (χ0) is 14.5. The van der Waals surface area contributed by atoms with Crippen molar-refractivity contribution in [3.8, 4) is 0 Å². The van der Waals surface area contributed by atoms with Crippen LogP contribution in [0.2, 0.25) is 5.02 Å². The molecule has 1 amide bonds. The van der Waals surface area contributed by atoms with Crippen molar-refractivity contribution in [2.75, 3.05) is 19.0 Å². The molecular formula is C13H17ClN2O3. The normalized spacial score (nSPS) is 10.7. The summed E-state index contributed by atoms with van der Waals surface area (Å²) in [6.07, 6.45) is 0. The summed E-state index contributed by atoms with van der Waals surface area (Å²) < 4.78 is 4.60. The Labute approximate surface area is 117 Å². The number of esters is 1. The van der Waals surface area contributed by atoms with Crippen molar-refractivity contribution in [3.05, 3.63) is 29.3 Å². The molecule has 0 radical (unpaired) electrons. The largest absolute Gasteiger partial charge is 0.467 e. The molecule has 0 spiro atoms. The molecule has 0 aliphatic heterocycles. The lowest BCUT2D eigenvalue weighted by atomic mass is 10.1. The summed E-state index contributed by atoms with van der Waals surface area (Å²) in [5.74, 6) is -0.825. The summed E-state index contributed by atoms with van der Waals surface area (Å²) in [4.78, 5) is 23.2. The Balaban J connectivity index is 2.53. The molecule has 0 heterocycles. The number of amides is 1. The lowest BCUT2D eigenvalue weighted by Gasteiger charge is -2.23. The van der Waals surface area contributed by atoms with Crippen LogP contribution in [0.4, 0.5) is 5.69 Å². The van der Waals surface area contributed by atoms with Crippen molar-refractivity contribution in [1.29, 1.82) is 0 Å². The zero-order valence-corrected chi connectivity index (χ0v) is 11.9. The van der Waals surface area contributed by atoms with Crippen molar-refractivity contribution >= 4 is 29.2 Å². The standard InChI is InChI=1S/C13H17ClN2O3/c1-13(2,12(18)19-3)16-11(17)8-15-10-7-5-4-6-9(10)14/h4-7,15H,8H2,1-3H3,(H,16,17). The van der Waals surface area contributed by atoms with E-state index < -0.39 is 11.5 Å². The molecule has 0 atom stereocenters. The monoisotopic (exact) mass is 284 g/mol. The van der Waals surface area contributed by atoms with Crippen LogP contribution in [0.1, 0.15) is 13.8 Å².